The van der Waals surface area contributed by atoms with Crippen LogP contribution in [0.3, 0.4) is 0 Å². The molecule has 0 saturated carbocycles. The second kappa shape index (κ2) is 8.00. The molecule has 7 nitrogen and oxygen atoms in total. The zero-order valence-electron chi connectivity index (χ0n) is 17.8. The van der Waals surface area contributed by atoms with Crippen LogP contribution in [0.2, 0.25) is 0 Å². The van der Waals surface area contributed by atoms with Crippen molar-refractivity contribution in [3.8, 4) is 16.9 Å². The molecule has 154 valence electrons. The minimum absolute atomic E-state index is 0.534. The van der Waals surface area contributed by atoms with Gasteiger partial charge in [0.2, 0.25) is 0 Å². The van der Waals surface area contributed by atoms with E-state index >= 15 is 0 Å². The largest absolute Gasteiger partial charge is 0.497 e. The Balaban J connectivity index is 1.95. The van der Waals surface area contributed by atoms with E-state index in [0.717, 1.165) is 63.9 Å². The minimum atomic E-state index is 0.534. The highest BCUT2D eigenvalue weighted by atomic mass is 16.5. The normalized spacial score (nSPS) is 13.1. The zero-order chi connectivity index (χ0) is 20.5. The molecule has 29 heavy (non-hydrogen) atoms. The lowest BCUT2D eigenvalue weighted by atomic mass is 10.0. The van der Waals surface area contributed by atoms with Gasteiger partial charge in [-0.05, 0) is 44.0 Å². The van der Waals surface area contributed by atoms with Crippen LogP contribution < -0.4 is 9.64 Å². The number of aromatic nitrogens is 3. The standard InChI is InChI=1S/C22H28N4O3/c1-6-25(9-10-27-4)22-18-12-29-13-19(18)23-21-20(15(3)24-26(21)22)17-8-7-16(28-5)11-14(17)2/h7-8,11H,6,9-10,12-13H2,1-5H3. The summed E-state index contributed by atoms with van der Waals surface area (Å²) in [5.41, 5.74) is 7.26. The number of aryl methyl sites for hydroxylation is 2. The Hall–Kier alpha value is -2.64. The van der Waals surface area contributed by atoms with E-state index < -0.39 is 0 Å². The fourth-order valence-corrected chi connectivity index (χ4v) is 4.03. The van der Waals surface area contributed by atoms with Crippen molar-refractivity contribution in [1.82, 2.24) is 14.6 Å². The predicted octanol–water partition coefficient (Wildman–Crippen LogP) is 3.52. The van der Waals surface area contributed by atoms with Crippen molar-refractivity contribution in [2.24, 2.45) is 0 Å². The maximum atomic E-state index is 5.75. The van der Waals surface area contributed by atoms with Crippen molar-refractivity contribution in [3.63, 3.8) is 0 Å². The number of rotatable bonds is 7. The topological polar surface area (TPSA) is 61.1 Å². The smallest absolute Gasteiger partial charge is 0.165 e. The molecular formula is C22H28N4O3. The summed E-state index contributed by atoms with van der Waals surface area (Å²) < 4.78 is 18.4. The van der Waals surface area contributed by atoms with E-state index in [9.17, 15) is 0 Å². The summed E-state index contributed by atoms with van der Waals surface area (Å²) in [6, 6.07) is 6.12. The average molecular weight is 396 g/mol. The number of anilines is 1. The third-order valence-corrected chi connectivity index (χ3v) is 5.53. The molecule has 1 aromatic carbocycles. The zero-order valence-corrected chi connectivity index (χ0v) is 17.8. The third-order valence-electron chi connectivity index (χ3n) is 5.53. The van der Waals surface area contributed by atoms with Crippen LogP contribution in [-0.2, 0) is 22.7 Å². The molecule has 0 aliphatic carbocycles. The summed E-state index contributed by atoms with van der Waals surface area (Å²) in [4.78, 5) is 7.27. The second-order valence-electron chi connectivity index (χ2n) is 7.30. The molecule has 0 atom stereocenters. The molecule has 0 unspecified atom stereocenters. The first-order chi connectivity index (χ1) is 14.1. The number of likely N-dealkylation sites (N-methyl/N-ethyl adjacent to an activating group) is 1. The Kier molecular flexibility index (Phi) is 5.43. The molecule has 0 bridgehead atoms. The highest BCUT2D eigenvalue weighted by Gasteiger charge is 2.27. The van der Waals surface area contributed by atoms with E-state index in [0.29, 0.717) is 19.8 Å². The first-order valence-corrected chi connectivity index (χ1v) is 9.96. The molecule has 2 aromatic heterocycles. The molecule has 0 amide bonds. The van der Waals surface area contributed by atoms with E-state index in [1.165, 1.54) is 0 Å². The summed E-state index contributed by atoms with van der Waals surface area (Å²) in [6.45, 7) is 9.67. The van der Waals surface area contributed by atoms with Crippen LogP contribution in [0.5, 0.6) is 5.75 Å². The molecular weight excluding hydrogens is 368 g/mol. The van der Waals surface area contributed by atoms with Crippen LogP contribution in [0, 0.1) is 13.8 Å². The quantitative estimate of drug-likeness (QED) is 0.609. The van der Waals surface area contributed by atoms with E-state index in [1.807, 2.05) is 23.6 Å². The van der Waals surface area contributed by atoms with Crippen molar-refractivity contribution >= 4 is 11.5 Å². The van der Waals surface area contributed by atoms with Gasteiger partial charge in [-0.15, -0.1) is 0 Å². The fourth-order valence-electron chi connectivity index (χ4n) is 4.03. The molecule has 3 aromatic rings. The Labute approximate surface area is 171 Å². The van der Waals surface area contributed by atoms with Gasteiger partial charge in [-0.25, -0.2) is 4.98 Å². The van der Waals surface area contributed by atoms with Gasteiger partial charge in [-0.3, -0.25) is 0 Å². The molecule has 7 heteroatoms. The lowest BCUT2D eigenvalue weighted by Gasteiger charge is -2.25. The predicted molar refractivity (Wildman–Crippen MR) is 113 cm³/mol. The van der Waals surface area contributed by atoms with Gasteiger partial charge in [0, 0.05) is 31.3 Å². The molecule has 0 saturated heterocycles. The van der Waals surface area contributed by atoms with E-state index in [2.05, 4.69) is 24.8 Å². The Bertz CT molecular complexity index is 1040. The third kappa shape index (κ3) is 3.34. The summed E-state index contributed by atoms with van der Waals surface area (Å²) in [5, 5.41) is 4.91. The highest BCUT2D eigenvalue weighted by molar-refractivity contribution is 5.83. The van der Waals surface area contributed by atoms with Crippen molar-refractivity contribution in [2.45, 2.75) is 34.0 Å². The minimum Gasteiger partial charge on any atom is -0.497 e. The molecule has 3 heterocycles. The molecule has 0 N–H and O–H groups in total. The average Bonchev–Trinajstić information content (AvgIpc) is 3.31. The lowest BCUT2D eigenvalue weighted by Crippen LogP contribution is -2.30. The van der Waals surface area contributed by atoms with Crippen molar-refractivity contribution < 1.29 is 14.2 Å². The van der Waals surface area contributed by atoms with Gasteiger partial charge >= 0.3 is 0 Å². The molecule has 1 aliphatic rings. The van der Waals surface area contributed by atoms with Crippen LogP contribution in [0.15, 0.2) is 18.2 Å². The number of ether oxygens (including phenoxy) is 3. The molecule has 0 radical (unpaired) electrons. The van der Waals surface area contributed by atoms with Crippen molar-refractivity contribution in [1.29, 1.82) is 0 Å². The van der Waals surface area contributed by atoms with Gasteiger partial charge in [0.05, 0.1) is 38.3 Å². The number of fused-ring (bicyclic) bond motifs is 2. The van der Waals surface area contributed by atoms with Crippen LogP contribution in [0.25, 0.3) is 16.8 Å². The molecule has 1 aliphatic heterocycles. The lowest BCUT2D eigenvalue weighted by molar-refractivity contribution is 0.133. The first kappa shape index (κ1) is 19.7. The Morgan fingerprint density at radius 3 is 2.72 bits per heavy atom. The summed E-state index contributed by atoms with van der Waals surface area (Å²) in [5.74, 6) is 1.91. The Morgan fingerprint density at radius 1 is 1.21 bits per heavy atom. The van der Waals surface area contributed by atoms with Crippen LogP contribution in [0.1, 0.15) is 29.4 Å². The van der Waals surface area contributed by atoms with Crippen LogP contribution in [-0.4, -0.2) is 48.5 Å². The van der Waals surface area contributed by atoms with Crippen molar-refractivity contribution in [3.05, 3.63) is 40.7 Å². The van der Waals surface area contributed by atoms with Gasteiger partial charge in [-0.2, -0.15) is 9.61 Å². The molecule has 0 spiro atoms. The van der Waals surface area contributed by atoms with Gasteiger partial charge in [0.25, 0.3) is 0 Å². The van der Waals surface area contributed by atoms with Crippen LogP contribution >= 0.6 is 0 Å². The monoisotopic (exact) mass is 396 g/mol. The molecule has 0 fully saturated rings. The van der Waals surface area contributed by atoms with E-state index in [-0.39, 0.29) is 0 Å². The van der Waals surface area contributed by atoms with Crippen LogP contribution in [0.4, 0.5) is 5.82 Å². The number of methoxy groups -OCH3 is 2. The van der Waals surface area contributed by atoms with Gasteiger partial charge in [-0.1, -0.05) is 6.07 Å². The van der Waals surface area contributed by atoms with E-state index in [4.69, 9.17) is 24.3 Å². The highest BCUT2D eigenvalue weighted by Crippen LogP contribution is 2.37. The fraction of sp³-hybridized carbons (Fsp3) is 0.455. The van der Waals surface area contributed by atoms with E-state index in [1.54, 1.807) is 14.2 Å². The Morgan fingerprint density at radius 2 is 2.03 bits per heavy atom. The number of hydrogen-bond donors (Lipinski definition) is 0. The SMILES string of the molecule is CCN(CCOC)c1c2c(nc3c(-c4ccc(OC)cc4C)c(C)nn13)COC2. The van der Waals surface area contributed by atoms with Crippen molar-refractivity contribution in [2.75, 3.05) is 38.8 Å². The number of nitrogens with zero attached hydrogens (tertiary/aromatic N) is 4. The maximum absolute atomic E-state index is 5.75. The summed E-state index contributed by atoms with van der Waals surface area (Å²) in [7, 11) is 3.41. The molecule has 4 rings (SSSR count). The number of hydrogen-bond acceptors (Lipinski definition) is 6. The van der Waals surface area contributed by atoms with Gasteiger partial charge in [0.15, 0.2) is 5.65 Å². The second-order valence-corrected chi connectivity index (χ2v) is 7.30. The number of benzene rings is 1. The first-order valence-electron chi connectivity index (χ1n) is 9.96. The summed E-state index contributed by atoms with van der Waals surface area (Å²) >= 11 is 0. The maximum Gasteiger partial charge on any atom is 0.165 e. The van der Waals surface area contributed by atoms with Gasteiger partial charge in [0.1, 0.15) is 11.6 Å². The van der Waals surface area contributed by atoms with Gasteiger partial charge < -0.3 is 19.1 Å². The summed E-state index contributed by atoms with van der Waals surface area (Å²) in [6.07, 6.45) is 0.